The number of carbonyl (C=O) groups is 1. The summed E-state index contributed by atoms with van der Waals surface area (Å²) in [5, 5.41) is 9.94. The smallest absolute Gasteiger partial charge is 0.221 e. The van der Waals surface area contributed by atoms with Crippen LogP contribution in [0.15, 0.2) is 24.3 Å². The van der Waals surface area contributed by atoms with E-state index in [0.29, 0.717) is 17.7 Å². The Hall–Kier alpha value is -1.95. The molecule has 0 radical (unpaired) electrons. The highest BCUT2D eigenvalue weighted by atomic mass is 32.1. The van der Waals surface area contributed by atoms with Crippen LogP contribution < -0.4 is 5.32 Å². The normalized spacial score (nSPS) is 10.9. The fourth-order valence-corrected chi connectivity index (χ4v) is 2.28. The third-order valence-electron chi connectivity index (χ3n) is 3.08. The molecule has 21 heavy (non-hydrogen) atoms. The number of aryl methyl sites for hydroxylation is 1. The van der Waals surface area contributed by atoms with Crippen molar-refractivity contribution in [2.45, 2.75) is 39.8 Å². The summed E-state index contributed by atoms with van der Waals surface area (Å²) in [7, 11) is 0. The summed E-state index contributed by atoms with van der Waals surface area (Å²) in [5.41, 5.74) is 2.17. The maximum absolute atomic E-state index is 11.8. The first-order valence-corrected chi connectivity index (χ1v) is 7.40. The van der Waals surface area contributed by atoms with Crippen molar-refractivity contribution in [1.82, 2.24) is 20.1 Å². The van der Waals surface area contributed by atoms with E-state index in [4.69, 9.17) is 12.2 Å². The number of nitrogens with one attached hydrogen (secondary N) is 2. The first-order chi connectivity index (χ1) is 9.97. The van der Waals surface area contributed by atoms with Gasteiger partial charge in [0, 0.05) is 24.6 Å². The van der Waals surface area contributed by atoms with Crippen molar-refractivity contribution >= 4 is 18.1 Å². The molecule has 0 aliphatic heterocycles. The molecular weight excluding hydrogens is 284 g/mol. The van der Waals surface area contributed by atoms with Gasteiger partial charge in [0.15, 0.2) is 10.6 Å². The van der Waals surface area contributed by atoms with Crippen LogP contribution in [0.2, 0.25) is 0 Å². The average molecular weight is 304 g/mol. The molecule has 1 aromatic carbocycles. The number of hydrogen-bond donors (Lipinski definition) is 2. The molecule has 112 valence electrons. The minimum atomic E-state index is 0.0166. The van der Waals surface area contributed by atoms with Crippen LogP contribution in [0.3, 0.4) is 0 Å². The molecule has 0 bridgehead atoms. The lowest BCUT2D eigenvalue weighted by molar-refractivity contribution is -0.121. The van der Waals surface area contributed by atoms with E-state index in [9.17, 15) is 4.79 Å². The minimum absolute atomic E-state index is 0.0166. The second-order valence-electron chi connectivity index (χ2n) is 5.34. The number of aromatic amines is 1. The highest BCUT2D eigenvalue weighted by Gasteiger charge is 2.11. The van der Waals surface area contributed by atoms with Crippen molar-refractivity contribution in [3.63, 3.8) is 0 Å². The molecule has 2 aromatic rings. The Balaban J connectivity index is 2.17. The molecule has 1 aromatic heterocycles. The van der Waals surface area contributed by atoms with E-state index in [2.05, 4.69) is 15.5 Å². The van der Waals surface area contributed by atoms with Crippen LogP contribution >= 0.6 is 12.2 Å². The van der Waals surface area contributed by atoms with Crippen LogP contribution in [0, 0.1) is 11.7 Å². The monoisotopic (exact) mass is 304 g/mol. The summed E-state index contributed by atoms with van der Waals surface area (Å²) < 4.78 is 2.39. The number of carbonyl (C=O) groups excluding carboxylic acids is 1. The number of amides is 1. The summed E-state index contributed by atoms with van der Waals surface area (Å²) in [4.78, 5) is 11.8. The number of aromatic nitrogens is 3. The molecule has 0 saturated heterocycles. The van der Waals surface area contributed by atoms with Gasteiger partial charge < -0.3 is 5.32 Å². The lowest BCUT2D eigenvalue weighted by Gasteiger charge is -2.10. The average Bonchev–Trinajstić information content (AvgIpc) is 2.78. The fraction of sp³-hybridized carbons (Fsp3) is 0.400. The SMILES string of the molecule is Cc1ccc(-c2n[nH]c(=S)n2CCC(=O)NC(C)C)cc1. The zero-order valence-electron chi connectivity index (χ0n) is 12.5. The molecule has 0 unspecified atom stereocenters. The van der Waals surface area contributed by atoms with Gasteiger partial charge in [-0.05, 0) is 33.0 Å². The van der Waals surface area contributed by atoms with Crippen LogP contribution in [0.25, 0.3) is 11.4 Å². The predicted octanol–water partition coefficient (Wildman–Crippen LogP) is 2.83. The number of nitrogens with zero attached hydrogens (tertiary/aromatic N) is 2. The Labute approximate surface area is 129 Å². The van der Waals surface area contributed by atoms with E-state index in [1.807, 2.05) is 49.6 Å². The van der Waals surface area contributed by atoms with Crippen molar-refractivity contribution < 1.29 is 4.79 Å². The van der Waals surface area contributed by atoms with E-state index in [0.717, 1.165) is 11.4 Å². The Morgan fingerprint density at radius 1 is 1.38 bits per heavy atom. The van der Waals surface area contributed by atoms with Gasteiger partial charge in [-0.15, -0.1) is 0 Å². The van der Waals surface area contributed by atoms with Gasteiger partial charge in [0.1, 0.15) is 0 Å². The molecule has 1 amide bonds. The van der Waals surface area contributed by atoms with Gasteiger partial charge in [-0.3, -0.25) is 14.5 Å². The summed E-state index contributed by atoms with van der Waals surface area (Å²) in [5.74, 6) is 0.778. The standard InChI is InChI=1S/C15H20N4OS/c1-10(2)16-13(20)8-9-19-14(17-18-15(19)21)12-6-4-11(3)5-7-12/h4-7,10H,8-9H2,1-3H3,(H,16,20)(H,18,21). The first-order valence-electron chi connectivity index (χ1n) is 6.99. The van der Waals surface area contributed by atoms with Gasteiger partial charge in [-0.1, -0.05) is 29.8 Å². The molecule has 0 aliphatic carbocycles. The highest BCUT2D eigenvalue weighted by Crippen LogP contribution is 2.18. The second-order valence-corrected chi connectivity index (χ2v) is 5.73. The Morgan fingerprint density at radius 3 is 2.67 bits per heavy atom. The van der Waals surface area contributed by atoms with Crippen LogP contribution in [0.4, 0.5) is 0 Å². The predicted molar refractivity (Wildman–Crippen MR) is 85.5 cm³/mol. The number of H-pyrrole nitrogens is 1. The maximum atomic E-state index is 11.8. The van der Waals surface area contributed by atoms with Gasteiger partial charge >= 0.3 is 0 Å². The number of rotatable bonds is 5. The minimum Gasteiger partial charge on any atom is -0.354 e. The molecular formula is C15H20N4OS. The highest BCUT2D eigenvalue weighted by molar-refractivity contribution is 7.71. The van der Waals surface area contributed by atoms with Gasteiger partial charge in [0.2, 0.25) is 5.91 Å². The molecule has 0 spiro atoms. The van der Waals surface area contributed by atoms with Gasteiger partial charge in [0.25, 0.3) is 0 Å². The van der Waals surface area contributed by atoms with Gasteiger partial charge in [0.05, 0.1) is 0 Å². The van der Waals surface area contributed by atoms with Gasteiger partial charge in [-0.25, -0.2) is 0 Å². The lowest BCUT2D eigenvalue weighted by Crippen LogP contribution is -2.30. The molecule has 0 aliphatic rings. The summed E-state index contributed by atoms with van der Waals surface area (Å²) in [6, 6.07) is 8.22. The number of benzene rings is 1. The number of hydrogen-bond acceptors (Lipinski definition) is 3. The largest absolute Gasteiger partial charge is 0.354 e. The van der Waals surface area contributed by atoms with Crippen LogP contribution in [0.5, 0.6) is 0 Å². The van der Waals surface area contributed by atoms with Crippen molar-refractivity contribution in [2.24, 2.45) is 0 Å². The summed E-state index contributed by atoms with van der Waals surface area (Å²) >= 11 is 5.25. The van der Waals surface area contributed by atoms with Crippen LogP contribution in [0.1, 0.15) is 25.8 Å². The zero-order valence-corrected chi connectivity index (χ0v) is 13.3. The van der Waals surface area contributed by atoms with Crippen molar-refractivity contribution in [2.75, 3.05) is 0 Å². The third-order valence-corrected chi connectivity index (χ3v) is 3.39. The second kappa shape index (κ2) is 6.67. The third kappa shape index (κ3) is 4.01. The zero-order chi connectivity index (χ0) is 15.4. The maximum Gasteiger partial charge on any atom is 0.221 e. The lowest BCUT2D eigenvalue weighted by atomic mass is 10.1. The van der Waals surface area contributed by atoms with Crippen molar-refractivity contribution in [3.05, 3.63) is 34.6 Å². The quantitative estimate of drug-likeness (QED) is 0.835. The summed E-state index contributed by atoms with van der Waals surface area (Å²) in [6.45, 7) is 6.44. The van der Waals surface area contributed by atoms with Crippen LogP contribution in [-0.2, 0) is 11.3 Å². The molecule has 0 saturated carbocycles. The van der Waals surface area contributed by atoms with E-state index < -0.39 is 0 Å². The van der Waals surface area contributed by atoms with Crippen molar-refractivity contribution in [1.29, 1.82) is 0 Å². The molecule has 2 rings (SSSR count). The van der Waals surface area contributed by atoms with Crippen LogP contribution in [-0.4, -0.2) is 26.7 Å². The first kappa shape index (κ1) is 15.4. The fourth-order valence-electron chi connectivity index (χ4n) is 2.06. The molecule has 2 N–H and O–H groups in total. The van der Waals surface area contributed by atoms with Crippen molar-refractivity contribution in [3.8, 4) is 11.4 Å². The van der Waals surface area contributed by atoms with E-state index in [1.54, 1.807) is 0 Å². The molecule has 0 fully saturated rings. The Kier molecular flexibility index (Phi) is 4.90. The molecule has 0 atom stereocenters. The van der Waals surface area contributed by atoms with Gasteiger partial charge in [-0.2, -0.15) is 5.10 Å². The van der Waals surface area contributed by atoms with E-state index in [1.165, 1.54) is 5.56 Å². The molecule has 1 heterocycles. The Morgan fingerprint density at radius 2 is 2.05 bits per heavy atom. The molecule has 6 heteroatoms. The Bertz CT molecular complexity index is 670. The topological polar surface area (TPSA) is 62.7 Å². The van der Waals surface area contributed by atoms with E-state index >= 15 is 0 Å². The van der Waals surface area contributed by atoms with E-state index in [-0.39, 0.29) is 11.9 Å². The molecule has 5 nitrogen and oxygen atoms in total. The summed E-state index contributed by atoms with van der Waals surface area (Å²) in [6.07, 6.45) is 0.380.